The van der Waals surface area contributed by atoms with E-state index >= 15 is 0 Å². The molecule has 2 aromatic heterocycles. The molecule has 0 spiro atoms. The number of piperidine rings is 1. The molecule has 3 heterocycles. The number of rotatable bonds is 6. The standard InChI is InChI=1S/C24H21FN6O4S/c25-16-3-1-14(2-4-16)11-21(32)30-9-7-15(8-10-30)24-26-20(13-36-24)23(33)27-22-18-12-17(31(34)35)5-6-19(18)28-29-22/h1-6,12-13,15H,7-11H2,(H2,27,28,29,33). The zero-order valence-electron chi connectivity index (χ0n) is 18.9. The van der Waals surface area contributed by atoms with Gasteiger partial charge in [0.05, 0.1) is 27.3 Å². The van der Waals surface area contributed by atoms with Gasteiger partial charge < -0.3 is 10.2 Å². The van der Waals surface area contributed by atoms with Gasteiger partial charge in [-0.2, -0.15) is 5.10 Å². The Morgan fingerprint density at radius 3 is 2.67 bits per heavy atom. The van der Waals surface area contributed by atoms with Crippen LogP contribution in [0.15, 0.2) is 47.8 Å². The summed E-state index contributed by atoms with van der Waals surface area (Å²) in [6, 6.07) is 10.2. The van der Waals surface area contributed by atoms with Crippen molar-refractivity contribution in [1.29, 1.82) is 0 Å². The van der Waals surface area contributed by atoms with Crippen molar-refractivity contribution in [2.75, 3.05) is 18.4 Å². The van der Waals surface area contributed by atoms with E-state index in [-0.39, 0.29) is 41.3 Å². The Morgan fingerprint density at radius 2 is 1.94 bits per heavy atom. The molecule has 1 aliphatic heterocycles. The zero-order chi connectivity index (χ0) is 25.2. The van der Waals surface area contributed by atoms with Gasteiger partial charge in [-0.25, -0.2) is 9.37 Å². The topological polar surface area (TPSA) is 134 Å². The van der Waals surface area contributed by atoms with Crippen molar-refractivity contribution in [3.8, 4) is 0 Å². The van der Waals surface area contributed by atoms with E-state index in [1.807, 2.05) is 4.90 Å². The Balaban J connectivity index is 1.19. The number of aromatic nitrogens is 3. The minimum atomic E-state index is -0.508. The average Bonchev–Trinajstić information content (AvgIpc) is 3.53. The van der Waals surface area contributed by atoms with Crippen LogP contribution in [0.5, 0.6) is 0 Å². The molecule has 2 aromatic carbocycles. The smallest absolute Gasteiger partial charge is 0.276 e. The van der Waals surface area contributed by atoms with Crippen LogP contribution >= 0.6 is 11.3 Å². The number of hydrogen-bond acceptors (Lipinski definition) is 7. The SMILES string of the molecule is O=C(Nc1n[nH]c2ccc([N+](=O)[O-])cc12)c1csc(C2CCN(C(=O)Cc3ccc(F)cc3)CC2)n1. The van der Waals surface area contributed by atoms with Gasteiger partial charge in [0, 0.05) is 36.5 Å². The molecule has 12 heteroatoms. The number of fused-ring (bicyclic) bond motifs is 1. The van der Waals surface area contributed by atoms with Crippen LogP contribution in [0.25, 0.3) is 10.9 Å². The van der Waals surface area contributed by atoms with E-state index in [1.165, 1.54) is 41.7 Å². The molecular weight excluding hydrogens is 487 g/mol. The fourth-order valence-corrected chi connectivity index (χ4v) is 5.20. The number of likely N-dealkylation sites (tertiary alicyclic amines) is 1. The largest absolute Gasteiger partial charge is 0.342 e. The van der Waals surface area contributed by atoms with E-state index < -0.39 is 10.8 Å². The number of anilines is 1. The molecule has 4 aromatic rings. The first kappa shape index (κ1) is 23.5. The van der Waals surface area contributed by atoms with E-state index in [0.717, 1.165) is 23.4 Å². The Hall–Kier alpha value is -4.19. The van der Waals surface area contributed by atoms with Gasteiger partial charge in [-0.05, 0) is 36.6 Å². The number of non-ortho nitro benzene ring substituents is 1. The van der Waals surface area contributed by atoms with Gasteiger partial charge in [0.25, 0.3) is 11.6 Å². The third-order valence-electron chi connectivity index (χ3n) is 6.21. The summed E-state index contributed by atoms with van der Waals surface area (Å²) in [5, 5.41) is 23.5. The van der Waals surface area contributed by atoms with Gasteiger partial charge >= 0.3 is 0 Å². The summed E-state index contributed by atoms with van der Waals surface area (Å²) in [6.07, 6.45) is 1.70. The molecule has 0 unspecified atom stereocenters. The maximum atomic E-state index is 13.1. The van der Waals surface area contributed by atoms with Crippen LogP contribution in [-0.2, 0) is 11.2 Å². The van der Waals surface area contributed by atoms with Crippen molar-refractivity contribution >= 4 is 45.6 Å². The first-order chi connectivity index (χ1) is 17.4. The van der Waals surface area contributed by atoms with E-state index in [1.54, 1.807) is 17.5 Å². The maximum Gasteiger partial charge on any atom is 0.276 e. The number of amides is 2. The lowest BCUT2D eigenvalue weighted by Gasteiger charge is -2.31. The number of carbonyl (C=O) groups excluding carboxylic acids is 2. The summed E-state index contributed by atoms with van der Waals surface area (Å²) < 4.78 is 13.1. The van der Waals surface area contributed by atoms with Crippen LogP contribution in [0.2, 0.25) is 0 Å². The van der Waals surface area contributed by atoms with Crippen molar-refractivity contribution in [2.45, 2.75) is 25.2 Å². The number of thiazole rings is 1. The molecule has 0 saturated carbocycles. The summed E-state index contributed by atoms with van der Waals surface area (Å²) >= 11 is 1.39. The van der Waals surface area contributed by atoms with Crippen LogP contribution in [0.1, 0.15) is 39.8 Å². The van der Waals surface area contributed by atoms with E-state index in [4.69, 9.17) is 0 Å². The van der Waals surface area contributed by atoms with Crippen molar-refractivity contribution in [3.05, 3.63) is 80.0 Å². The number of halogens is 1. The molecule has 2 amide bonds. The molecular formula is C24H21FN6O4S. The quantitative estimate of drug-likeness (QED) is 0.295. The average molecular weight is 509 g/mol. The molecule has 0 bridgehead atoms. The normalized spacial score (nSPS) is 14.2. The lowest BCUT2D eigenvalue weighted by atomic mass is 9.97. The predicted molar refractivity (Wildman–Crippen MR) is 131 cm³/mol. The van der Waals surface area contributed by atoms with Crippen LogP contribution in [-0.4, -0.2) is 49.9 Å². The van der Waals surface area contributed by atoms with E-state index in [0.29, 0.717) is 24.0 Å². The molecule has 0 aliphatic carbocycles. The molecule has 1 saturated heterocycles. The summed E-state index contributed by atoms with van der Waals surface area (Å²) in [6.45, 7) is 1.17. The van der Waals surface area contributed by atoms with E-state index in [2.05, 4.69) is 20.5 Å². The van der Waals surface area contributed by atoms with Crippen molar-refractivity contribution in [3.63, 3.8) is 0 Å². The minimum absolute atomic E-state index is 0.00531. The van der Waals surface area contributed by atoms with Gasteiger partial charge in [-0.1, -0.05) is 12.1 Å². The number of benzene rings is 2. The van der Waals surface area contributed by atoms with Gasteiger partial charge in [-0.15, -0.1) is 11.3 Å². The second kappa shape index (κ2) is 9.82. The van der Waals surface area contributed by atoms with Crippen LogP contribution in [0.3, 0.4) is 0 Å². The van der Waals surface area contributed by atoms with Gasteiger partial charge in [0.15, 0.2) is 5.82 Å². The molecule has 2 N–H and O–H groups in total. The third kappa shape index (κ3) is 4.93. The number of nitrogens with zero attached hydrogens (tertiary/aromatic N) is 4. The summed E-state index contributed by atoms with van der Waals surface area (Å²) in [5.41, 5.74) is 1.48. The lowest BCUT2D eigenvalue weighted by Crippen LogP contribution is -2.38. The highest BCUT2D eigenvalue weighted by atomic mass is 32.1. The number of H-pyrrole nitrogens is 1. The first-order valence-corrected chi connectivity index (χ1v) is 12.2. The Kier molecular flexibility index (Phi) is 6.42. The number of aromatic amines is 1. The van der Waals surface area contributed by atoms with Gasteiger partial charge in [-0.3, -0.25) is 24.8 Å². The van der Waals surface area contributed by atoms with Crippen LogP contribution in [0, 0.1) is 15.9 Å². The second-order valence-corrected chi connectivity index (χ2v) is 9.43. The first-order valence-electron chi connectivity index (χ1n) is 11.3. The molecule has 0 atom stereocenters. The van der Waals surface area contributed by atoms with Crippen molar-refractivity contribution in [1.82, 2.24) is 20.1 Å². The number of nitrogens with one attached hydrogen (secondary N) is 2. The molecule has 184 valence electrons. The third-order valence-corrected chi connectivity index (χ3v) is 7.22. The van der Waals surface area contributed by atoms with Gasteiger partial charge in [0.1, 0.15) is 11.5 Å². The monoisotopic (exact) mass is 508 g/mol. The van der Waals surface area contributed by atoms with E-state index in [9.17, 15) is 24.1 Å². The molecule has 1 aliphatic rings. The second-order valence-electron chi connectivity index (χ2n) is 8.54. The fourth-order valence-electron chi connectivity index (χ4n) is 4.23. The highest BCUT2D eigenvalue weighted by Crippen LogP contribution is 2.31. The van der Waals surface area contributed by atoms with Crippen molar-refractivity contribution < 1.29 is 18.9 Å². The lowest BCUT2D eigenvalue weighted by molar-refractivity contribution is -0.384. The van der Waals surface area contributed by atoms with Crippen LogP contribution in [0.4, 0.5) is 15.9 Å². The zero-order valence-corrected chi connectivity index (χ0v) is 19.8. The fraction of sp³-hybridized carbons (Fsp3) is 0.250. The minimum Gasteiger partial charge on any atom is -0.342 e. The number of carbonyl (C=O) groups is 2. The molecule has 5 rings (SSSR count). The highest BCUT2D eigenvalue weighted by Gasteiger charge is 2.26. The molecule has 36 heavy (non-hydrogen) atoms. The summed E-state index contributed by atoms with van der Waals surface area (Å²) in [4.78, 5) is 42.3. The van der Waals surface area contributed by atoms with Gasteiger partial charge in [0.2, 0.25) is 5.91 Å². The highest BCUT2D eigenvalue weighted by molar-refractivity contribution is 7.10. The summed E-state index contributed by atoms with van der Waals surface area (Å²) in [7, 11) is 0. The number of nitro benzene ring substituents is 1. The van der Waals surface area contributed by atoms with Crippen molar-refractivity contribution in [2.24, 2.45) is 0 Å². The Bertz CT molecular complexity index is 1440. The molecule has 10 nitrogen and oxygen atoms in total. The maximum absolute atomic E-state index is 13.1. The predicted octanol–water partition coefficient (Wildman–Crippen LogP) is 4.27. The number of hydrogen-bond donors (Lipinski definition) is 2. The Morgan fingerprint density at radius 1 is 1.19 bits per heavy atom. The Labute approximate surface area is 208 Å². The molecule has 0 radical (unpaired) electrons. The summed E-state index contributed by atoms with van der Waals surface area (Å²) in [5.74, 6) is -0.443. The molecule has 1 fully saturated rings. The van der Waals surface area contributed by atoms with Crippen LogP contribution < -0.4 is 5.32 Å². The number of nitro groups is 1.